The fraction of sp³-hybridized carbons (Fsp3) is 0.581. The van der Waals surface area contributed by atoms with Gasteiger partial charge in [0.05, 0.1) is 12.1 Å². The molecule has 3 aromatic rings. The number of alkyl halides is 5. The number of amides is 3. The minimum atomic E-state index is -4.80. The van der Waals surface area contributed by atoms with Crippen LogP contribution in [0, 0.1) is 0 Å². The molecule has 19 heteroatoms. The van der Waals surface area contributed by atoms with Crippen molar-refractivity contribution in [2.24, 2.45) is 0 Å². The first kappa shape index (κ1) is 38.0. The van der Waals surface area contributed by atoms with Crippen LogP contribution < -0.4 is 9.64 Å². The second kappa shape index (κ2) is 13.1. The number of carbonyl (C=O) groups excluding carboxylic acids is 3. The minimum Gasteiger partial charge on any atom is -0.444 e. The zero-order valence-electron chi connectivity index (χ0n) is 28.9. The highest BCUT2D eigenvalue weighted by Crippen LogP contribution is 2.43. The van der Waals surface area contributed by atoms with Crippen LogP contribution in [0.5, 0.6) is 11.8 Å². The molecular weight excluding hydrogens is 677 g/mol. The van der Waals surface area contributed by atoms with Crippen LogP contribution in [0.25, 0.3) is 11.0 Å². The Hall–Kier alpha value is -4.84. The zero-order chi connectivity index (χ0) is 37.6. The molecular formula is C31H38F5N7O7. The molecule has 0 spiro atoms. The number of imide groups is 1. The third-order valence-corrected chi connectivity index (χ3v) is 6.57. The number of ether oxygens (including phenoxy) is 4. The van der Waals surface area contributed by atoms with Gasteiger partial charge in [-0.05, 0) is 74.8 Å². The summed E-state index contributed by atoms with van der Waals surface area (Å²) < 4.78 is 95.0. The van der Waals surface area contributed by atoms with Gasteiger partial charge in [-0.15, -0.1) is 5.10 Å². The van der Waals surface area contributed by atoms with Gasteiger partial charge in [-0.25, -0.2) is 42.8 Å². The van der Waals surface area contributed by atoms with Gasteiger partial charge in [-0.1, -0.05) is 0 Å². The monoisotopic (exact) mass is 715 g/mol. The molecule has 1 fully saturated rings. The maximum absolute atomic E-state index is 15.9. The number of fused-ring (bicyclic) bond motifs is 1. The van der Waals surface area contributed by atoms with Gasteiger partial charge >= 0.3 is 24.5 Å². The van der Waals surface area contributed by atoms with E-state index in [9.17, 15) is 27.6 Å². The molecule has 50 heavy (non-hydrogen) atoms. The summed E-state index contributed by atoms with van der Waals surface area (Å²) in [4.78, 5) is 52.9. The third-order valence-electron chi connectivity index (χ3n) is 6.57. The summed E-state index contributed by atoms with van der Waals surface area (Å²) >= 11 is 0. The predicted molar refractivity (Wildman–Crippen MR) is 166 cm³/mol. The number of rotatable bonds is 4. The Labute approximate surface area is 283 Å². The van der Waals surface area contributed by atoms with Crippen LogP contribution in [-0.2, 0) is 20.4 Å². The molecule has 3 aromatic heterocycles. The molecule has 4 rings (SSSR count). The minimum absolute atomic E-state index is 0.207. The van der Waals surface area contributed by atoms with E-state index in [2.05, 4.69) is 20.1 Å². The lowest BCUT2D eigenvalue weighted by Gasteiger charge is -2.38. The van der Waals surface area contributed by atoms with E-state index in [0.717, 1.165) is 22.1 Å². The number of aromatic nitrogens is 5. The Kier molecular flexibility index (Phi) is 9.97. The standard InChI is InChI=1S/C31H38F5N7O7/c1-27(2,3)48-24(44)41-13-11-18(30(32,33)15-41)43-22-20(23(40-43)47-19-14-17(10-12-37-19)31(34,35)36)21(38-16-39-22)42(25(45)49-28(4,5)6)26(46)50-29(7,8)9/h10,12,14,16,18H,11,13,15H2,1-9H3. The topological polar surface area (TPSA) is 151 Å². The van der Waals surface area contributed by atoms with Crippen LogP contribution >= 0.6 is 0 Å². The highest BCUT2D eigenvalue weighted by molar-refractivity contribution is 6.14. The van der Waals surface area contributed by atoms with Gasteiger partial charge in [-0.3, -0.25) is 0 Å². The normalized spacial score (nSPS) is 16.9. The van der Waals surface area contributed by atoms with Gasteiger partial charge in [-0.2, -0.15) is 18.1 Å². The first-order valence-corrected chi connectivity index (χ1v) is 15.3. The number of likely N-dealkylation sites (tertiary alicyclic amines) is 1. The van der Waals surface area contributed by atoms with Crippen molar-refractivity contribution < 1.29 is 55.3 Å². The van der Waals surface area contributed by atoms with E-state index in [1.54, 1.807) is 20.8 Å². The molecule has 1 aliphatic rings. The number of hydrogen-bond donors (Lipinski definition) is 0. The van der Waals surface area contributed by atoms with E-state index in [-0.39, 0.29) is 6.54 Å². The van der Waals surface area contributed by atoms with E-state index in [1.807, 2.05) is 0 Å². The SMILES string of the molecule is CC(C)(C)OC(=O)N1CCC(n2nc(Oc3cc(C(F)(F)F)ccn3)c3c(N(C(=O)OC(C)(C)C)C(=O)OC(C)(C)C)ncnc32)C(F)(F)C1. The summed E-state index contributed by atoms with van der Waals surface area (Å²) in [5.41, 5.74) is -4.80. The van der Waals surface area contributed by atoms with Gasteiger partial charge in [0.2, 0.25) is 5.88 Å². The quantitative estimate of drug-likeness (QED) is 0.195. The molecule has 0 N–H and O–H groups in total. The van der Waals surface area contributed by atoms with Crippen molar-refractivity contribution in [3.8, 4) is 11.8 Å². The third kappa shape index (κ3) is 9.03. The van der Waals surface area contributed by atoms with Crippen molar-refractivity contribution in [3.05, 3.63) is 30.2 Å². The van der Waals surface area contributed by atoms with Gasteiger partial charge in [0.15, 0.2) is 11.5 Å². The molecule has 274 valence electrons. The molecule has 4 heterocycles. The average Bonchev–Trinajstić information content (AvgIpc) is 3.27. The summed E-state index contributed by atoms with van der Waals surface area (Å²) in [6.45, 7) is 12.6. The van der Waals surface area contributed by atoms with Gasteiger partial charge < -0.3 is 23.8 Å². The number of hydrogen-bond acceptors (Lipinski definition) is 11. The van der Waals surface area contributed by atoms with Crippen LogP contribution in [0.2, 0.25) is 0 Å². The molecule has 0 aliphatic carbocycles. The maximum Gasteiger partial charge on any atom is 0.425 e. The van der Waals surface area contributed by atoms with Gasteiger partial charge in [0.1, 0.15) is 34.6 Å². The summed E-state index contributed by atoms with van der Waals surface area (Å²) in [6.07, 6.45) is -7.08. The number of pyridine rings is 1. The Morgan fingerprint density at radius 3 is 1.98 bits per heavy atom. The predicted octanol–water partition coefficient (Wildman–Crippen LogP) is 7.53. The Morgan fingerprint density at radius 2 is 1.46 bits per heavy atom. The van der Waals surface area contributed by atoms with E-state index < -0.39 is 100 Å². The highest BCUT2D eigenvalue weighted by atomic mass is 19.4. The summed E-state index contributed by atoms with van der Waals surface area (Å²) in [5, 5.41) is 3.72. The van der Waals surface area contributed by atoms with Crippen molar-refractivity contribution >= 4 is 35.1 Å². The summed E-state index contributed by atoms with van der Waals surface area (Å²) in [6, 6.07) is -0.583. The van der Waals surface area contributed by atoms with Crippen molar-refractivity contribution in [1.29, 1.82) is 0 Å². The van der Waals surface area contributed by atoms with Crippen LogP contribution in [0.1, 0.15) is 80.3 Å². The Morgan fingerprint density at radius 1 is 0.880 bits per heavy atom. The number of piperidine rings is 1. The van der Waals surface area contributed by atoms with Crippen molar-refractivity contribution in [2.75, 3.05) is 18.0 Å². The molecule has 1 saturated heterocycles. The van der Waals surface area contributed by atoms with Gasteiger partial charge in [0, 0.05) is 18.8 Å². The number of carbonyl (C=O) groups is 3. The Balaban J connectivity index is 1.92. The Bertz CT molecular complexity index is 1730. The van der Waals surface area contributed by atoms with Crippen molar-refractivity contribution in [3.63, 3.8) is 0 Å². The average molecular weight is 716 g/mol. The summed E-state index contributed by atoms with van der Waals surface area (Å²) in [5.74, 6) is -5.61. The second-order valence-corrected chi connectivity index (χ2v) is 14.4. The van der Waals surface area contributed by atoms with Crippen LogP contribution in [-0.4, -0.2) is 83.7 Å². The molecule has 1 atom stereocenters. The van der Waals surface area contributed by atoms with E-state index >= 15 is 8.78 Å². The second-order valence-electron chi connectivity index (χ2n) is 14.4. The lowest BCUT2D eigenvalue weighted by atomic mass is 10.0. The highest BCUT2D eigenvalue weighted by Gasteiger charge is 2.50. The fourth-order valence-corrected chi connectivity index (χ4v) is 4.70. The molecule has 0 bridgehead atoms. The van der Waals surface area contributed by atoms with Crippen LogP contribution in [0.15, 0.2) is 24.7 Å². The summed E-state index contributed by atoms with van der Waals surface area (Å²) in [7, 11) is 0. The number of halogens is 5. The zero-order valence-corrected chi connectivity index (χ0v) is 28.9. The molecule has 0 saturated carbocycles. The molecule has 1 aliphatic heterocycles. The van der Waals surface area contributed by atoms with Crippen LogP contribution in [0.3, 0.4) is 0 Å². The number of nitrogens with zero attached hydrogens (tertiary/aromatic N) is 7. The lowest BCUT2D eigenvalue weighted by molar-refractivity contribution is -0.137. The number of anilines is 1. The molecule has 0 radical (unpaired) electrons. The molecule has 3 amide bonds. The molecule has 0 aromatic carbocycles. The van der Waals surface area contributed by atoms with Crippen molar-refractivity contribution in [2.45, 2.75) is 104 Å². The van der Waals surface area contributed by atoms with E-state index in [4.69, 9.17) is 18.9 Å². The van der Waals surface area contributed by atoms with E-state index in [0.29, 0.717) is 17.0 Å². The smallest absolute Gasteiger partial charge is 0.425 e. The van der Waals surface area contributed by atoms with E-state index in [1.165, 1.54) is 41.5 Å². The lowest BCUT2D eigenvalue weighted by Crippen LogP contribution is -2.52. The molecule has 14 nitrogen and oxygen atoms in total. The largest absolute Gasteiger partial charge is 0.444 e. The van der Waals surface area contributed by atoms with Gasteiger partial charge in [0.25, 0.3) is 11.8 Å². The first-order valence-electron chi connectivity index (χ1n) is 15.3. The fourth-order valence-electron chi connectivity index (χ4n) is 4.70. The maximum atomic E-state index is 15.9. The van der Waals surface area contributed by atoms with Crippen LogP contribution in [0.4, 0.5) is 42.2 Å². The first-order chi connectivity index (χ1) is 22.8. The van der Waals surface area contributed by atoms with Crippen molar-refractivity contribution in [1.82, 2.24) is 29.6 Å². The molecule has 1 unspecified atom stereocenters.